The van der Waals surface area contributed by atoms with Gasteiger partial charge in [0.05, 0.1) is 13.3 Å². The Hall–Kier alpha value is -2.25. The highest BCUT2D eigenvalue weighted by molar-refractivity contribution is 9.10. The van der Waals surface area contributed by atoms with Gasteiger partial charge >= 0.3 is 0 Å². The molecule has 1 aliphatic heterocycles. The standard InChI is InChI=1S/C19H19BrClN3O3/c1-27-15-10-13(16(20)17(21)18(15)25)11-22-23-19(26)12-4-6-14(7-5-12)24-8-2-3-9-24/h4-7,10-11,25H,2-3,8-9H2,1H3,(H,23,26)/b22-11-. The second kappa shape index (κ2) is 8.63. The molecule has 0 unspecified atom stereocenters. The molecule has 1 aliphatic rings. The lowest BCUT2D eigenvalue weighted by atomic mass is 10.2. The number of carbonyl (C=O) groups excluding carboxylic acids is 1. The van der Waals surface area contributed by atoms with Gasteiger partial charge in [0.15, 0.2) is 11.5 Å². The Labute approximate surface area is 170 Å². The molecule has 0 radical (unpaired) electrons. The Morgan fingerprint density at radius 3 is 2.63 bits per heavy atom. The normalized spacial score (nSPS) is 14.0. The summed E-state index contributed by atoms with van der Waals surface area (Å²) in [6.07, 6.45) is 3.84. The minimum Gasteiger partial charge on any atom is -0.503 e. The number of amides is 1. The summed E-state index contributed by atoms with van der Waals surface area (Å²) in [5.41, 5.74) is 4.69. The van der Waals surface area contributed by atoms with E-state index in [1.807, 2.05) is 12.1 Å². The van der Waals surface area contributed by atoms with E-state index in [1.165, 1.54) is 26.2 Å². The van der Waals surface area contributed by atoms with Crippen molar-refractivity contribution in [2.24, 2.45) is 5.10 Å². The number of ether oxygens (including phenoxy) is 1. The average Bonchev–Trinajstić information content (AvgIpc) is 3.23. The Morgan fingerprint density at radius 2 is 2.00 bits per heavy atom. The zero-order valence-electron chi connectivity index (χ0n) is 14.7. The molecule has 0 atom stereocenters. The largest absolute Gasteiger partial charge is 0.503 e. The monoisotopic (exact) mass is 451 g/mol. The lowest BCUT2D eigenvalue weighted by Gasteiger charge is -2.17. The molecule has 0 bridgehead atoms. The van der Waals surface area contributed by atoms with Crippen LogP contribution < -0.4 is 15.1 Å². The fourth-order valence-electron chi connectivity index (χ4n) is 2.89. The number of hydrogen-bond donors (Lipinski definition) is 2. The van der Waals surface area contributed by atoms with Crippen molar-refractivity contribution in [1.29, 1.82) is 0 Å². The van der Waals surface area contributed by atoms with E-state index in [0.29, 0.717) is 15.6 Å². The number of hydrogen-bond acceptors (Lipinski definition) is 5. The molecule has 1 saturated heterocycles. The minimum atomic E-state index is -0.313. The second-order valence-electron chi connectivity index (χ2n) is 6.08. The number of rotatable bonds is 5. The van der Waals surface area contributed by atoms with Crippen LogP contribution in [-0.2, 0) is 0 Å². The van der Waals surface area contributed by atoms with Crippen LogP contribution in [0.2, 0.25) is 5.02 Å². The van der Waals surface area contributed by atoms with Crippen LogP contribution in [0.15, 0.2) is 39.9 Å². The molecule has 0 saturated carbocycles. The van der Waals surface area contributed by atoms with Crippen molar-refractivity contribution in [2.75, 3.05) is 25.1 Å². The van der Waals surface area contributed by atoms with Gasteiger partial charge in [-0.05, 0) is 59.1 Å². The maximum Gasteiger partial charge on any atom is 0.271 e. The Morgan fingerprint density at radius 1 is 1.33 bits per heavy atom. The molecule has 0 spiro atoms. The van der Waals surface area contributed by atoms with Gasteiger partial charge in [0.2, 0.25) is 0 Å². The third-order valence-corrected chi connectivity index (χ3v) is 5.81. The van der Waals surface area contributed by atoms with E-state index < -0.39 is 0 Å². The molecule has 3 rings (SSSR count). The summed E-state index contributed by atoms with van der Waals surface area (Å²) < 4.78 is 5.52. The van der Waals surface area contributed by atoms with E-state index in [0.717, 1.165) is 18.8 Å². The highest BCUT2D eigenvalue weighted by atomic mass is 79.9. The Bertz CT molecular complexity index is 865. The summed E-state index contributed by atoms with van der Waals surface area (Å²) >= 11 is 9.33. The maximum absolute atomic E-state index is 12.3. The molecule has 142 valence electrons. The van der Waals surface area contributed by atoms with Crippen LogP contribution in [0.5, 0.6) is 11.5 Å². The van der Waals surface area contributed by atoms with Crippen molar-refractivity contribution in [2.45, 2.75) is 12.8 Å². The molecule has 2 N–H and O–H groups in total. The Balaban J connectivity index is 1.67. The molecular formula is C19H19BrClN3O3. The summed E-state index contributed by atoms with van der Waals surface area (Å²) in [7, 11) is 1.42. The van der Waals surface area contributed by atoms with E-state index in [2.05, 4.69) is 31.4 Å². The number of carbonyl (C=O) groups is 1. The first-order valence-corrected chi connectivity index (χ1v) is 9.61. The van der Waals surface area contributed by atoms with Crippen LogP contribution >= 0.6 is 27.5 Å². The van der Waals surface area contributed by atoms with Gasteiger partial charge < -0.3 is 14.7 Å². The van der Waals surface area contributed by atoms with Crippen LogP contribution in [0.1, 0.15) is 28.8 Å². The molecule has 2 aromatic rings. The number of hydrazone groups is 1. The fraction of sp³-hybridized carbons (Fsp3) is 0.263. The van der Waals surface area contributed by atoms with Gasteiger partial charge in [0, 0.05) is 34.4 Å². The predicted octanol–water partition coefficient (Wildman–Crippen LogP) is 4.18. The van der Waals surface area contributed by atoms with Gasteiger partial charge in [-0.1, -0.05) is 11.6 Å². The smallest absolute Gasteiger partial charge is 0.271 e. The molecule has 8 heteroatoms. The molecule has 1 fully saturated rings. The van der Waals surface area contributed by atoms with Crippen molar-refractivity contribution < 1.29 is 14.6 Å². The molecule has 1 heterocycles. The molecule has 6 nitrogen and oxygen atoms in total. The summed E-state index contributed by atoms with van der Waals surface area (Å²) in [5, 5.41) is 13.9. The Kier molecular flexibility index (Phi) is 6.23. The number of benzene rings is 2. The summed E-state index contributed by atoms with van der Waals surface area (Å²) in [6.45, 7) is 2.12. The first-order chi connectivity index (χ1) is 13.0. The zero-order chi connectivity index (χ0) is 19.4. The van der Waals surface area contributed by atoms with Gasteiger partial charge in [-0.3, -0.25) is 4.79 Å². The number of methoxy groups -OCH3 is 1. The highest BCUT2D eigenvalue weighted by Crippen LogP contribution is 2.40. The van der Waals surface area contributed by atoms with E-state index in [1.54, 1.807) is 18.2 Å². The number of phenols is 1. The van der Waals surface area contributed by atoms with Crippen LogP contribution in [0, 0.1) is 0 Å². The average molecular weight is 453 g/mol. The first-order valence-electron chi connectivity index (χ1n) is 8.44. The number of anilines is 1. The van der Waals surface area contributed by atoms with Crippen molar-refractivity contribution in [3.05, 3.63) is 51.0 Å². The fourth-order valence-corrected chi connectivity index (χ4v) is 3.49. The SMILES string of the molecule is COc1cc(/C=N\NC(=O)c2ccc(N3CCCC3)cc2)c(Br)c(Cl)c1O. The van der Waals surface area contributed by atoms with Gasteiger partial charge in [0.1, 0.15) is 5.02 Å². The summed E-state index contributed by atoms with van der Waals surface area (Å²) in [5.74, 6) is -0.258. The van der Waals surface area contributed by atoms with E-state index in [9.17, 15) is 9.90 Å². The van der Waals surface area contributed by atoms with Gasteiger partial charge in [-0.25, -0.2) is 5.43 Å². The number of nitrogens with one attached hydrogen (secondary N) is 1. The molecular weight excluding hydrogens is 434 g/mol. The van der Waals surface area contributed by atoms with Crippen LogP contribution in [-0.4, -0.2) is 37.4 Å². The van der Waals surface area contributed by atoms with Crippen molar-refractivity contribution in [3.63, 3.8) is 0 Å². The lowest BCUT2D eigenvalue weighted by molar-refractivity contribution is 0.0955. The van der Waals surface area contributed by atoms with Gasteiger partial charge in [-0.2, -0.15) is 5.10 Å². The molecule has 0 aliphatic carbocycles. The number of aromatic hydroxyl groups is 1. The predicted molar refractivity (Wildman–Crippen MR) is 110 cm³/mol. The van der Waals surface area contributed by atoms with Crippen LogP contribution in [0.25, 0.3) is 0 Å². The van der Waals surface area contributed by atoms with E-state index in [-0.39, 0.29) is 22.4 Å². The van der Waals surface area contributed by atoms with Crippen molar-refractivity contribution in [3.8, 4) is 11.5 Å². The third-order valence-electron chi connectivity index (χ3n) is 4.36. The van der Waals surface area contributed by atoms with Crippen molar-refractivity contribution in [1.82, 2.24) is 5.43 Å². The minimum absolute atomic E-state index is 0.111. The third kappa shape index (κ3) is 4.36. The highest BCUT2D eigenvalue weighted by Gasteiger charge is 2.15. The van der Waals surface area contributed by atoms with E-state index in [4.69, 9.17) is 16.3 Å². The first kappa shape index (κ1) is 19.5. The summed E-state index contributed by atoms with van der Waals surface area (Å²) in [4.78, 5) is 14.6. The number of phenolic OH excluding ortho intramolecular Hbond substituents is 1. The molecule has 2 aromatic carbocycles. The number of nitrogens with zero attached hydrogens (tertiary/aromatic N) is 2. The lowest BCUT2D eigenvalue weighted by Crippen LogP contribution is -2.19. The quantitative estimate of drug-likeness (QED) is 0.527. The molecule has 0 aromatic heterocycles. The molecule has 1 amide bonds. The van der Waals surface area contributed by atoms with Gasteiger partial charge in [-0.15, -0.1) is 0 Å². The van der Waals surface area contributed by atoms with Crippen LogP contribution in [0.4, 0.5) is 5.69 Å². The number of halogens is 2. The molecule has 27 heavy (non-hydrogen) atoms. The maximum atomic E-state index is 12.3. The second-order valence-corrected chi connectivity index (χ2v) is 7.26. The summed E-state index contributed by atoms with van der Waals surface area (Å²) in [6, 6.07) is 9.03. The van der Waals surface area contributed by atoms with Crippen LogP contribution in [0.3, 0.4) is 0 Å². The zero-order valence-corrected chi connectivity index (χ0v) is 17.0. The topological polar surface area (TPSA) is 74.2 Å². The van der Waals surface area contributed by atoms with E-state index >= 15 is 0 Å². The van der Waals surface area contributed by atoms with Gasteiger partial charge in [0.25, 0.3) is 5.91 Å². The van der Waals surface area contributed by atoms with Crippen molar-refractivity contribution >= 4 is 45.3 Å².